The number of carbonyl (C=O) groups is 2. The Morgan fingerprint density at radius 1 is 1.09 bits per heavy atom. The number of nitrogens with two attached hydrogens (primary N) is 1. The van der Waals surface area contributed by atoms with Crippen molar-refractivity contribution in [2.75, 3.05) is 11.6 Å². The third kappa shape index (κ3) is 4.26. The molecule has 0 unspecified atom stereocenters. The highest BCUT2D eigenvalue weighted by Gasteiger charge is 2.08. The zero-order valence-electron chi connectivity index (χ0n) is 12.1. The van der Waals surface area contributed by atoms with Crippen LogP contribution in [0.4, 0.5) is 10.5 Å². The maximum absolute atomic E-state index is 12.2. The van der Waals surface area contributed by atoms with Crippen LogP contribution < -0.4 is 16.4 Å². The van der Waals surface area contributed by atoms with Crippen LogP contribution >= 0.6 is 11.8 Å². The molecule has 0 radical (unpaired) electrons. The molecule has 0 bridgehead atoms. The number of hydrogen-bond acceptors (Lipinski definition) is 3. The summed E-state index contributed by atoms with van der Waals surface area (Å²) >= 11 is 1.58. The van der Waals surface area contributed by atoms with Crippen LogP contribution in [0.25, 0.3) is 0 Å². The van der Waals surface area contributed by atoms with Gasteiger partial charge < -0.3 is 16.4 Å². The van der Waals surface area contributed by atoms with Crippen molar-refractivity contribution >= 4 is 29.4 Å². The smallest absolute Gasteiger partial charge is 0.312 e. The first-order valence-electron chi connectivity index (χ1n) is 6.67. The lowest BCUT2D eigenvalue weighted by atomic mass is 10.1. The van der Waals surface area contributed by atoms with Crippen molar-refractivity contribution in [3.8, 4) is 0 Å². The third-order valence-electron chi connectivity index (χ3n) is 3.04. The van der Waals surface area contributed by atoms with Crippen LogP contribution in [0.3, 0.4) is 0 Å². The molecule has 2 rings (SSSR count). The molecule has 6 heteroatoms. The fraction of sp³-hybridized carbons (Fsp3) is 0.125. The Hall–Kier alpha value is -2.47. The topological polar surface area (TPSA) is 84.2 Å². The van der Waals surface area contributed by atoms with Gasteiger partial charge in [0.25, 0.3) is 5.91 Å². The Bertz CT molecular complexity index is 671. The predicted octanol–water partition coefficient (Wildman–Crippen LogP) is 2.83. The molecule has 0 spiro atoms. The number of carbonyl (C=O) groups excluding carboxylic acids is 2. The van der Waals surface area contributed by atoms with Gasteiger partial charge in [-0.15, -0.1) is 11.8 Å². The molecule has 0 aliphatic rings. The average molecular weight is 315 g/mol. The Labute approximate surface area is 133 Å². The van der Waals surface area contributed by atoms with Gasteiger partial charge in [0.15, 0.2) is 0 Å². The summed E-state index contributed by atoms with van der Waals surface area (Å²) in [6.07, 6.45) is 1.96. The second kappa shape index (κ2) is 7.51. The van der Waals surface area contributed by atoms with Gasteiger partial charge >= 0.3 is 6.03 Å². The van der Waals surface area contributed by atoms with Gasteiger partial charge in [0.1, 0.15) is 0 Å². The lowest BCUT2D eigenvalue weighted by molar-refractivity contribution is 0.102. The molecule has 2 aromatic carbocycles. The summed E-state index contributed by atoms with van der Waals surface area (Å²) in [4.78, 5) is 23.9. The Kier molecular flexibility index (Phi) is 5.43. The van der Waals surface area contributed by atoms with Crippen molar-refractivity contribution in [3.63, 3.8) is 0 Å². The Balaban J connectivity index is 2.05. The molecule has 22 heavy (non-hydrogen) atoms. The number of nitrogens with one attached hydrogen (secondary N) is 2. The van der Waals surface area contributed by atoms with Gasteiger partial charge in [-0.1, -0.05) is 24.3 Å². The molecule has 2 aromatic rings. The van der Waals surface area contributed by atoms with Crippen LogP contribution in [0.2, 0.25) is 0 Å². The Morgan fingerprint density at radius 2 is 1.77 bits per heavy atom. The number of hydrogen-bond donors (Lipinski definition) is 3. The van der Waals surface area contributed by atoms with Crippen LogP contribution in [0, 0.1) is 0 Å². The number of benzene rings is 2. The SMILES string of the molecule is CSc1ccccc1NC(=O)c1ccc(CNC(N)=O)cc1. The van der Waals surface area contributed by atoms with Crippen molar-refractivity contribution in [2.45, 2.75) is 11.4 Å². The van der Waals surface area contributed by atoms with E-state index in [1.54, 1.807) is 36.0 Å². The molecule has 0 fully saturated rings. The van der Waals surface area contributed by atoms with Crippen LogP contribution in [-0.4, -0.2) is 18.2 Å². The zero-order chi connectivity index (χ0) is 15.9. The number of amides is 3. The molecule has 0 heterocycles. The molecule has 5 nitrogen and oxygen atoms in total. The maximum Gasteiger partial charge on any atom is 0.312 e. The normalized spacial score (nSPS) is 10.0. The van der Waals surface area contributed by atoms with Crippen molar-refractivity contribution in [1.29, 1.82) is 0 Å². The van der Waals surface area contributed by atoms with Crippen molar-refractivity contribution in [2.24, 2.45) is 5.73 Å². The molecule has 0 atom stereocenters. The van der Waals surface area contributed by atoms with Crippen molar-refractivity contribution < 1.29 is 9.59 Å². The summed E-state index contributed by atoms with van der Waals surface area (Å²) in [5, 5.41) is 5.40. The van der Waals surface area contributed by atoms with Gasteiger partial charge in [-0.05, 0) is 36.1 Å². The minimum absolute atomic E-state index is 0.170. The number of para-hydroxylation sites is 1. The molecular formula is C16H17N3O2S. The maximum atomic E-state index is 12.2. The molecule has 114 valence electrons. The zero-order valence-corrected chi connectivity index (χ0v) is 12.9. The van der Waals surface area contributed by atoms with Crippen LogP contribution in [-0.2, 0) is 6.54 Å². The average Bonchev–Trinajstić information content (AvgIpc) is 2.54. The summed E-state index contributed by atoms with van der Waals surface area (Å²) in [5.74, 6) is -0.170. The highest BCUT2D eigenvalue weighted by Crippen LogP contribution is 2.25. The largest absolute Gasteiger partial charge is 0.352 e. The van der Waals surface area contributed by atoms with E-state index in [1.807, 2.05) is 30.5 Å². The van der Waals surface area contributed by atoms with Gasteiger partial charge in [0.2, 0.25) is 0 Å². The monoisotopic (exact) mass is 315 g/mol. The number of primary amides is 1. The van der Waals surface area contributed by atoms with Crippen LogP contribution in [0.15, 0.2) is 53.4 Å². The molecule has 0 saturated heterocycles. The van der Waals surface area contributed by atoms with Gasteiger partial charge in [-0.25, -0.2) is 4.79 Å². The van der Waals surface area contributed by atoms with Gasteiger partial charge in [-0.2, -0.15) is 0 Å². The first kappa shape index (κ1) is 15.9. The number of rotatable bonds is 5. The van der Waals surface area contributed by atoms with E-state index < -0.39 is 6.03 Å². The van der Waals surface area contributed by atoms with E-state index in [9.17, 15) is 9.59 Å². The Morgan fingerprint density at radius 3 is 2.41 bits per heavy atom. The third-order valence-corrected chi connectivity index (χ3v) is 3.83. The van der Waals surface area contributed by atoms with E-state index in [0.717, 1.165) is 16.1 Å². The van der Waals surface area contributed by atoms with Crippen LogP contribution in [0.1, 0.15) is 15.9 Å². The highest BCUT2D eigenvalue weighted by atomic mass is 32.2. The standard InChI is InChI=1S/C16H17N3O2S/c1-22-14-5-3-2-4-13(14)19-15(20)12-8-6-11(7-9-12)10-18-16(17)21/h2-9H,10H2,1H3,(H,19,20)(H3,17,18,21). The highest BCUT2D eigenvalue weighted by molar-refractivity contribution is 7.98. The minimum atomic E-state index is -0.574. The molecule has 0 aliphatic carbocycles. The van der Waals surface area contributed by atoms with E-state index in [4.69, 9.17) is 5.73 Å². The van der Waals surface area contributed by atoms with E-state index in [2.05, 4.69) is 10.6 Å². The number of urea groups is 1. The van der Waals surface area contributed by atoms with Gasteiger partial charge in [-0.3, -0.25) is 4.79 Å². The predicted molar refractivity (Wildman–Crippen MR) is 89.0 cm³/mol. The van der Waals surface area contributed by atoms with E-state index in [1.165, 1.54) is 0 Å². The molecule has 4 N–H and O–H groups in total. The molecule has 0 aliphatic heterocycles. The fourth-order valence-corrected chi connectivity index (χ4v) is 2.46. The number of anilines is 1. The quantitative estimate of drug-likeness (QED) is 0.742. The van der Waals surface area contributed by atoms with Gasteiger partial charge in [0, 0.05) is 17.0 Å². The molecular weight excluding hydrogens is 298 g/mol. The summed E-state index contributed by atoms with van der Waals surface area (Å²) in [6, 6.07) is 14.1. The van der Waals surface area contributed by atoms with Gasteiger partial charge in [0.05, 0.1) is 5.69 Å². The molecule has 0 saturated carbocycles. The summed E-state index contributed by atoms with van der Waals surface area (Å²) < 4.78 is 0. The fourth-order valence-electron chi connectivity index (χ4n) is 1.91. The minimum Gasteiger partial charge on any atom is -0.352 e. The molecule has 0 aromatic heterocycles. The lowest BCUT2D eigenvalue weighted by Gasteiger charge is -2.09. The van der Waals surface area contributed by atoms with Crippen molar-refractivity contribution in [1.82, 2.24) is 5.32 Å². The van der Waals surface area contributed by atoms with E-state index >= 15 is 0 Å². The first-order chi connectivity index (χ1) is 10.6. The number of thioether (sulfide) groups is 1. The van der Waals surface area contributed by atoms with Crippen molar-refractivity contribution in [3.05, 3.63) is 59.7 Å². The summed E-state index contributed by atoms with van der Waals surface area (Å²) in [7, 11) is 0. The first-order valence-corrected chi connectivity index (χ1v) is 7.89. The van der Waals surface area contributed by atoms with E-state index in [0.29, 0.717) is 12.1 Å². The second-order valence-corrected chi connectivity index (χ2v) is 5.42. The van der Waals surface area contributed by atoms with E-state index in [-0.39, 0.29) is 5.91 Å². The summed E-state index contributed by atoms with van der Waals surface area (Å²) in [5.41, 5.74) is 7.24. The second-order valence-electron chi connectivity index (χ2n) is 4.57. The lowest BCUT2D eigenvalue weighted by Crippen LogP contribution is -2.28. The molecule has 3 amide bonds. The summed E-state index contributed by atoms with van der Waals surface area (Å²) in [6.45, 7) is 0.340. The van der Waals surface area contributed by atoms with Crippen LogP contribution in [0.5, 0.6) is 0 Å².